The van der Waals surface area contributed by atoms with E-state index in [1.807, 2.05) is 37.3 Å². The molecule has 1 amide bonds. The zero-order valence-corrected chi connectivity index (χ0v) is 14.1. The smallest absolute Gasteiger partial charge is 0.271 e. The molecule has 0 atom stereocenters. The van der Waals surface area contributed by atoms with Gasteiger partial charge in [-0.2, -0.15) is 5.10 Å². The van der Waals surface area contributed by atoms with Gasteiger partial charge in [0.05, 0.1) is 27.0 Å². The molecule has 0 saturated carbocycles. The maximum absolute atomic E-state index is 12.3. The van der Waals surface area contributed by atoms with E-state index in [-0.39, 0.29) is 5.91 Å². The van der Waals surface area contributed by atoms with Crippen LogP contribution in [0, 0.1) is 0 Å². The zero-order chi connectivity index (χ0) is 17.5. The Bertz CT molecular complexity index is 717. The van der Waals surface area contributed by atoms with Crippen LogP contribution >= 0.6 is 0 Å². The van der Waals surface area contributed by atoms with E-state index in [4.69, 9.17) is 14.2 Å². The molecule has 0 aliphatic heterocycles. The van der Waals surface area contributed by atoms with Gasteiger partial charge >= 0.3 is 0 Å². The third kappa shape index (κ3) is 3.84. The number of benzene rings is 2. The second kappa shape index (κ2) is 8.01. The van der Waals surface area contributed by atoms with Gasteiger partial charge in [-0.3, -0.25) is 4.79 Å². The van der Waals surface area contributed by atoms with E-state index in [2.05, 4.69) is 10.5 Å². The van der Waals surface area contributed by atoms with Gasteiger partial charge in [-0.05, 0) is 24.6 Å². The summed E-state index contributed by atoms with van der Waals surface area (Å²) in [5.74, 6) is 0.876. The van der Waals surface area contributed by atoms with Crippen LogP contribution < -0.4 is 19.6 Å². The molecular formula is C18H20N2O4. The minimum atomic E-state index is -0.371. The number of hydrogen-bond acceptors (Lipinski definition) is 5. The minimum Gasteiger partial charge on any atom is -0.493 e. The van der Waals surface area contributed by atoms with E-state index in [0.717, 1.165) is 5.56 Å². The van der Waals surface area contributed by atoms with Crippen LogP contribution in [0.4, 0.5) is 0 Å². The quantitative estimate of drug-likeness (QED) is 0.654. The van der Waals surface area contributed by atoms with E-state index in [1.165, 1.54) is 21.3 Å². The van der Waals surface area contributed by atoms with Gasteiger partial charge < -0.3 is 14.2 Å². The summed E-state index contributed by atoms with van der Waals surface area (Å²) in [4.78, 5) is 12.3. The highest BCUT2D eigenvalue weighted by Gasteiger charge is 2.16. The first kappa shape index (κ1) is 17.3. The minimum absolute atomic E-state index is 0.356. The van der Waals surface area contributed by atoms with E-state index >= 15 is 0 Å². The molecule has 0 heterocycles. The highest BCUT2D eigenvalue weighted by molar-refractivity contribution is 6.01. The Morgan fingerprint density at radius 3 is 2.00 bits per heavy atom. The normalized spacial score (nSPS) is 10.9. The molecule has 0 unspecified atom stereocenters. The molecule has 6 nitrogen and oxygen atoms in total. The lowest BCUT2D eigenvalue weighted by Gasteiger charge is -2.13. The number of carbonyl (C=O) groups excluding carboxylic acids is 1. The number of methoxy groups -OCH3 is 3. The van der Waals surface area contributed by atoms with E-state index < -0.39 is 0 Å². The van der Waals surface area contributed by atoms with Crippen LogP contribution in [0.25, 0.3) is 0 Å². The first-order valence-electron chi connectivity index (χ1n) is 7.30. The number of hydrazone groups is 1. The molecule has 0 aromatic heterocycles. The summed E-state index contributed by atoms with van der Waals surface area (Å²) >= 11 is 0. The summed E-state index contributed by atoms with van der Waals surface area (Å²) in [5, 5.41) is 4.13. The van der Waals surface area contributed by atoms with Crippen molar-refractivity contribution in [3.8, 4) is 17.2 Å². The third-order valence-electron chi connectivity index (χ3n) is 3.44. The molecule has 0 aliphatic carbocycles. The fourth-order valence-corrected chi connectivity index (χ4v) is 2.16. The maximum Gasteiger partial charge on any atom is 0.271 e. The molecule has 2 aromatic rings. The van der Waals surface area contributed by atoms with Crippen molar-refractivity contribution in [3.05, 3.63) is 53.6 Å². The van der Waals surface area contributed by atoms with E-state index in [1.54, 1.807) is 12.1 Å². The van der Waals surface area contributed by atoms with Gasteiger partial charge in [0.2, 0.25) is 5.75 Å². The fourth-order valence-electron chi connectivity index (χ4n) is 2.16. The molecule has 0 bridgehead atoms. The second-order valence-electron chi connectivity index (χ2n) is 4.92. The number of amides is 1. The molecule has 126 valence electrons. The van der Waals surface area contributed by atoms with E-state index in [0.29, 0.717) is 28.5 Å². The zero-order valence-electron chi connectivity index (χ0n) is 14.1. The average Bonchev–Trinajstić information content (AvgIpc) is 2.65. The van der Waals surface area contributed by atoms with Crippen LogP contribution in [0.15, 0.2) is 47.6 Å². The summed E-state index contributed by atoms with van der Waals surface area (Å²) in [6.45, 7) is 1.82. The Morgan fingerprint density at radius 1 is 0.917 bits per heavy atom. The molecule has 24 heavy (non-hydrogen) atoms. The highest BCUT2D eigenvalue weighted by atomic mass is 16.5. The van der Waals surface area contributed by atoms with E-state index in [9.17, 15) is 4.79 Å². The number of nitrogens with one attached hydrogen (secondary N) is 1. The Balaban J connectivity index is 2.24. The van der Waals surface area contributed by atoms with Crippen LogP contribution in [-0.4, -0.2) is 32.9 Å². The molecule has 0 saturated heterocycles. The largest absolute Gasteiger partial charge is 0.493 e. The third-order valence-corrected chi connectivity index (χ3v) is 3.44. The Kier molecular flexibility index (Phi) is 5.78. The standard InChI is InChI=1S/C18H20N2O4/c1-12(13-8-6-5-7-9-13)19-20-18(21)14-10-15(22-2)17(24-4)16(11-14)23-3/h5-11H,1-4H3,(H,20,21)/b19-12-. The first-order chi connectivity index (χ1) is 11.6. The predicted molar refractivity (Wildman–Crippen MR) is 92.2 cm³/mol. The van der Waals surface area contributed by atoms with Crippen molar-refractivity contribution < 1.29 is 19.0 Å². The summed E-state index contributed by atoms with van der Waals surface area (Å²) in [7, 11) is 4.50. The molecule has 2 aromatic carbocycles. The average molecular weight is 328 g/mol. The lowest BCUT2D eigenvalue weighted by atomic mass is 10.1. The van der Waals surface area contributed by atoms with Crippen LogP contribution in [0.1, 0.15) is 22.8 Å². The van der Waals surface area contributed by atoms with Gasteiger partial charge in [-0.15, -0.1) is 0 Å². The molecule has 2 rings (SSSR count). The maximum atomic E-state index is 12.3. The van der Waals surface area contributed by atoms with Crippen molar-refractivity contribution in [1.29, 1.82) is 0 Å². The summed E-state index contributed by atoms with van der Waals surface area (Å²) in [6.07, 6.45) is 0. The number of carbonyl (C=O) groups is 1. The number of rotatable bonds is 6. The van der Waals surface area contributed by atoms with Crippen molar-refractivity contribution >= 4 is 11.6 Å². The molecule has 0 spiro atoms. The summed E-state index contributed by atoms with van der Waals surface area (Å²) < 4.78 is 15.7. The van der Waals surface area contributed by atoms with Crippen molar-refractivity contribution in [3.63, 3.8) is 0 Å². The van der Waals surface area contributed by atoms with Gasteiger partial charge in [0, 0.05) is 5.56 Å². The van der Waals surface area contributed by atoms with Crippen molar-refractivity contribution in [2.45, 2.75) is 6.92 Å². The first-order valence-corrected chi connectivity index (χ1v) is 7.30. The second-order valence-corrected chi connectivity index (χ2v) is 4.92. The molecule has 0 radical (unpaired) electrons. The van der Waals surface area contributed by atoms with Gasteiger partial charge in [-0.1, -0.05) is 30.3 Å². The van der Waals surface area contributed by atoms with Gasteiger partial charge in [0.25, 0.3) is 5.91 Å². The monoisotopic (exact) mass is 328 g/mol. The van der Waals surface area contributed by atoms with Gasteiger partial charge in [0.1, 0.15) is 0 Å². The van der Waals surface area contributed by atoms with Crippen molar-refractivity contribution in [2.75, 3.05) is 21.3 Å². The molecular weight excluding hydrogens is 308 g/mol. The number of hydrogen-bond donors (Lipinski definition) is 1. The number of ether oxygens (including phenoxy) is 3. The fraction of sp³-hybridized carbons (Fsp3) is 0.222. The Hall–Kier alpha value is -3.02. The molecule has 0 aliphatic rings. The SMILES string of the molecule is COc1cc(C(=O)N/N=C(/C)c2ccccc2)cc(OC)c1OC. The van der Waals surface area contributed by atoms with Crippen molar-refractivity contribution in [2.24, 2.45) is 5.10 Å². The lowest BCUT2D eigenvalue weighted by Crippen LogP contribution is -2.19. The van der Waals surface area contributed by atoms with Crippen LogP contribution in [0.3, 0.4) is 0 Å². The Labute approximate surface area is 141 Å². The van der Waals surface area contributed by atoms with Crippen molar-refractivity contribution in [1.82, 2.24) is 5.43 Å². The predicted octanol–water partition coefficient (Wildman–Crippen LogP) is 2.87. The molecule has 0 fully saturated rings. The topological polar surface area (TPSA) is 69.2 Å². The molecule has 6 heteroatoms. The summed E-state index contributed by atoms with van der Waals surface area (Å²) in [6, 6.07) is 12.7. The van der Waals surface area contributed by atoms with Gasteiger partial charge in [-0.25, -0.2) is 5.43 Å². The highest BCUT2D eigenvalue weighted by Crippen LogP contribution is 2.38. The van der Waals surface area contributed by atoms with Crippen LogP contribution in [0.2, 0.25) is 0 Å². The van der Waals surface area contributed by atoms with Crippen LogP contribution in [-0.2, 0) is 0 Å². The number of nitrogens with zero attached hydrogens (tertiary/aromatic N) is 1. The van der Waals surface area contributed by atoms with Gasteiger partial charge in [0.15, 0.2) is 11.5 Å². The Morgan fingerprint density at radius 2 is 1.50 bits per heavy atom. The molecule has 1 N–H and O–H groups in total. The van der Waals surface area contributed by atoms with Crippen LogP contribution in [0.5, 0.6) is 17.2 Å². The summed E-state index contributed by atoms with van der Waals surface area (Å²) in [5.41, 5.74) is 4.53. The lowest BCUT2D eigenvalue weighted by molar-refractivity contribution is 0.0954.